The molecular weight excluding hydrogens is 392 g/mol. The molecule has 158 valence electrons. The van der Waals surface area contributed by atoms with Crippen LogP contribution in [0.4, 0.5) is 11.8 Å². The second-order valence-electron chi connectivity index (χ2n) is 7.96. The van der Waals surface area contributed by atoms with Gasteiger partial charge in [-0.2, -0.15) is 4.85 Å². The number of fused-ring (bicyclic) bond motifs is 1. The van der Waals surface area contributed by atoms with E-state index in [-0.39, 0.29) is 6.42 Å². The number of hydrogen-bond donors (Lipinski definition) is 2. The van der Waals surface area contributed by atoms with Gasteiger partial charge in [0, 0.05) is 36.1 Å². The number of nitrogens with one attached hydrogen (secondary N) is 1. The Labute approximate surface area is 180 Å². The lowest BCUT2D eigenvalue weighted by molar-refractivity contribution is -0.136. The molecule has 3 heterocycles. The summed E-state index contributed by atoms with van der Waals surface area (Å²) in [6.07, 6.45) is 9.12. The summed E-state index contributed by atoms with van der Waals surface area (Å²) in [4.78, 5) is 32.5. The normalized spacial score (nSPS) is 18.2. The van der Waals surface area contributed by atoms with E-state index in [1.165, 1.54) is 0 Å². The monoisotopic (exact) mass is 417 g/mol. The molecule has 0 unspecified atom stereocenters. The Hall–Kier alpha value is -3.60. The minimum absolute atomic E-state index is 0.0619. The summed E-state index contributed by atoms with van der Waals surface area (Å²) in [5.74, 6) is 1.22. The van der Waals surface area contributed by atoms with Crippen LogP contribution in [-0.4, -0.2) is 37.6 Å². The van der Waals surface area contributed by atoms with Gasteiger partial charge in [0.05, 0.1) is 24.1 Å². The molecule has 0 amide bonds. The Kier molecular flexibility index (Phi) is 6.32. The molecule has 0 radical (unpaired) electrons. The van der Waals surface area contributed by atoms with Gasteiger partial charge in [-0.25, -0.2) is 9.97 Å². The van der Waals surface area contributed by atoms with Gasteiger partial charge in [-0.15, -0.1) is 0 Å². The van der Waals surface area contributed by atoms with E-state index in [9.17, 15) is 4.79 Å². The van der Waals surface area contributed by atoms with Gasteiger partial charge in [0.15, 0.2) is 6.07 Å². The summed E-state index contributed by atoms with van der Waals surface area (Å²) in [5, 5.41) is 13.1. The van der Waals surface area contributed by atoms with Crippen molar-refractivity contribution in [3.63, 3.8) is 0 Å². The summed E-state index contributed by atoms with van der Waals surface area (Å²) in [6.45, 7) is 2.76. The largest absolute Gasteiger partial charge is 0.481 e. The van der Waals surface area contributed by atoms with Gasteiger partial charge < -0.3 is 10.4 Å². The smallest absolute Gasteiger partial charge is 0.426 e. The molecule has 1 aliphatic rings. The van der Waals surface area contributed by atoms with E-state index in [1.807, 2.05) is 25.1 Å². The number of rotatable bonds is 5. The Morgan fingerprint density at radius 2 is 1.94 bits per heavy atom. The van der Waals surface area contributed by atoms with Crippen LogP contribution >= 0.6 is 0 Å². The third-order valence-corrected chi connectivity index (χ3v) is 5.59. The number of carbonyl (C=O) groups is 1. The molecule has 0 atom stereocenters. The molecule has 0 aliphatic heterocycles. The molecule has 0 aromatic carbocycles. The van der Waals surface area contributed by atoms with Crippen molar-refractivity contribution in [2.24, 2.45) is 11.8 Å². The SMILES string of the molecule is Cc1nccc2ccc([N+]#CC3CCC(CNc4ncc(CC(=O)O)cn4)CC3)nc12. The van der Waals surface area contributed by atoms with Crippen molar-refractivity contribution < 1.29 is 9.90 Å². The van der Waals surface area contributed by atoms with Gasteiger partial charge in [-0.05, 0) is 55.6 Å². The van der Waals surface area contributed by atoms with Crippen molar-refractivity contribution in [2.75, 3.05) is 11.9 Å². The number of pyridine rings is 2. The molecule has 0 saturated heterocycles. The molecule has 0 spiro atoms. The number of carboxylic acids is 1. The topological polar surface area (TPSA) is 105 Å². The van der Waals surface area contributed by atoms with Gasteiger partial charge in [0.2, 0.25) is 11.5 Å². The lowest BCUT2D eigenvalue weighted by Crippen LogP contribution is -2.21. The molecule has 3 aromatic rings. The Balaban J connectivity index is 1.27. The minimum atomic E-state index is -0.884. The van der Waals surface area contributed by atoms with Crippen molar-refractivity contribution in [3.8, 4) is 6.07 Å². The first-order valence-electron chi connectivity index (χ1n) is 10.5. The van der Waals surface area contributed by atoms with E-state index in [2.05, 4.69) is 36.2 Å². The molecular formula is C23H25N6O2+. The van der Waals surface area contributed by atoms with E-state index in [1.54, 1.807) is 18.6 Å². The van der Waals surface area contributed by atoms with Crippen molar-refractivity contribution in [2.45, 2.75) is 39.0 Å². The first-order valence-corrected chi connectivity index (χ1v) is 10.5. The summed E-state index contributed by atoms with van der Waals surface area (Å²) in [6, 6.07) is 9.19. The van der Waals surface area contributed by atoms with E-state index < -0.39 is 5.97 Å². The molecule has 1 aliphatic carbocycles. The second kappa shape index (κ2) is 9.47. The minimum Gasteiger partial charge on any atom is -0.481 e. The maximum absolute atomic E-state index is 10.7. The predicted molar refractivity (Wildman–Crippen MR) is 118 cm³/mol. The Morgan fingerprint density at radius 1 is 1.16 bits per heavy atom. The highest BCUT2D eigenvalue weighted by Gasteiger charge is 2.22. The number of aryl methyl sites for hydroxylation is 1. The van der Waals surface area contributed by atoms with Crippen LogP contribution in [-0.2, 0) is 11.2 Å². The molecule has 8 nitrogen and oxygen atoms in total. The van der Waals surface area contributed by atoms with Gasteiger partial charge in [-0.1, -0.05) is 0 Å². The lowest BCUT2D eigenvalue weighted by Gasteiger charge is -2.24. The van der Waals surface area contributed by atoms with Gasteiger partial charge in [0.1, 0.15) is 0 Å². The number of hydrogen-bond acceptors (Lipinski definition) is 6. The maximum atomic E-state index is 10.7. The van der Waals surface area contributed by atoms with Gasteiger partial charge in [0.25, 0.3) is 0 Å². The van der Waals surface area contributed by atoms with E-state index in [0.717, 1.165) is 48.8 Å². The zero-order valence-electron chi connectivity index (χ0n) is 17.5. The van der Waals surface area contributed by atoms with Crippen molar-refractivity contribution in [1.29, 1.82) is 0 Å². The average molecular weight is 417 g/mol. The highest BCUT2D eigenvalue weighted by atomic mass is 16.4. The first-order chi connectivity index (χ1) is 15.1. The van der Waals surface area contributed by atoms with Crippen molar-refractivity contribution in [3.05, 3.63) is 52.9 Å². The van der Waals surface area contributed by atoms with Gasteiger partial charge in [-0.3, -0.25) is 9.78 Å². The molecule has 3 aromatic heterocycles. The third kappa shape index (κ3) is 5.51. The number of anilines is 1. The second-order valence-corrected chi connectivity index (χ2v) is 7.96. The van der Waals surface area contributed by atoms with Crippen LogP contribution < -0.4 is 5.32 Å². The highest BCUT2D eigenvalue weighted by Crippen LogP contribution is 2.29. The Morgan fingerprint density at radius 3 is 2.68 bits per heavy atom. The van der Waals surface area contributed by atoms with Crippen molar-refractivity contribution in [1.82, 2.24) is 19.9 Å². The lowest BCUT2D eigenvalue weighted by atomic mass is 9.83. The summed E-state index contributed by atoms with van der Waals surface area (Å²) in [5.41, 5.74) is 2.39. The van der Waals surface area contributed by atoms with Crippen LogP contribution in [0, 0.1) is 24.8 Å². The van der Waals surface area contributed by atoms with Crippen LogP contribution in [0.5, 0.6) is 0 Å². The fourth-order valence-corrected chi connectivity index (χ4v) is 3.84. The van der Waals surface area contributed by atoms with Crippen LogP contribution in [0.3, 0.4) is 0 Å². The van der Waals surface area contributed by atoms with Crippen LogP contribution in [0.1, 0.15) is 36.9 Å². The molecule has 0 bridgehead atoms. The summed E-state index contributed by atoms with van der Waals surface area (Å²) < 4.78 is 0. The molecule has 4 rings (SSSR count). The van der Waals surface area contributed by atoms with E-state index in [0.29, 0.717) is 29.2 Å². The molecule has 8 heteroatoms. The van der Waals surface area contributed by atoms with Crippen molar-refractivity contribution >= 4 is 28.6 Å². The molecule has 1 saturated carbocycles. The molecule has 1 fully saturated rings. The zero-order valence-corrected chi connectivity index (χ0v) is 17.5. The van der Waals surface area contributed by atoms with E-state index in [4.69, 9.17) is 5.11 Å². The van der Waals surface area contributed by atoms with Crippen LogP contribution in [0.15, 0.2) is 36.8 Å². The average Bonchev–Trinajstić information content (AvgIpc) is 2.78. The highest BCUT2D eigenvalue weighted by molar-refractivity contribution is 5.81. The number of aliphatic carboxylic acids is 1. The van der Waals surface area contributed by atoms with Crippen LogP contribution in [0.2, 0.25) is 0 Å². The standard InChI is InChI=1S/C23H24N6O2/c1-15-22-19(8-9-24-15)6-7-20(29-22)25-11-16-2-4-17(5-3-16)12-26-23-27-13-18(14-28-23)10-21(30)31/h6-9,13-14,16-17H,2-5,10,12H2,1H3,(H-,26,27,28,30,31)/p+1. The maximum Gasteiger partial charge on any atom is 0.426 e. The third-order valence-electron chi connectivity index (χ3n) is 5.59. The predicted octanol–water partition coefficient (Wildman–Crippen LogP) is 4.24. The zero-order chi connectivity index (χ0) is 21.6. The first kappa shape index (κ1) is 20.7. The molecule has 2 N–H and O–H groups in total. The number of aromatic nitrogens is 4. The summed E-state index contributed by atoms with van der Waals surface area (Å²) >= 11 is 0. The number of carboxylic acid groups (broad SMARTS) is 1. The van der Waals surface area contributed by atoms with Crippen LogP contribution in [0.25, 0.3) is 15.7 Å². The van der Waals surface area contributed by atoms with E-state index >= 15 is 0 Å². The number of nitrogens with zero attached hydrogens (tertiary/aromatic N) is 5. The fraction of sp³-hybridized carbons (Fsp3) is 0.391. The fourth-order valence-electron chi connectivity index (χ4n) is 3.84. The Bertz CT molecular complexity index is 1130. The molecule has 31 heavy (non-hydrogen) atoms. The van der Waals surface area contributed by atoms with Gasteiger partial charge >= 0.3 is 11.8 Å². The summed E-state index contributed by atoms with van der Waals surface area (Å²) in [7, 11) is 0. The quantitative estimate of drug-likeness (QED) is 0.640.